The fourth-order valence-electron chi connectivity index (χ4n) is 6.63. The number of benzene rings is 1. The molecule has 5 aliphatic rings. The van der Waals surface area contributed by atoms with Gasteiger partial charge < -0.3 is 19.9 Å². The molecule has 1 aromatic heterocycles. The number of fused-ring (bicyclic) bond motifs is 2. The zero-order valence-corrected chi connectivity index (χ0v) is 16.5. The first-order chi connectivity index (χ1) is 13.5. The van der Waals surface area contributed by atoms with Gasteiger partial charge in [-0.15, -0.1) is 0 Å². The maximum atomic E-state index is 12.9. The zero-order chi connectivity index (χ0) is 18.9. The fraction of sp³-hybridized carbons (Fsp3) is 0.619. The lowest BCUT2D eigenvalue weighted by Crippen LogP contribution is -2.56. The van der Waals surface area contributed by atoms with Crippen LogP contribution in [0.25, 0.3) is 10.2 Å². The summed E-state index contributed by atoms with van der Waals surface area (Å²) in [6.45, 7) is 1.10. The highest BCUT2D eigenvalue weighted by molar-refractivity contribution is 7.22. The molecule has 0 saturated heterocycles. The lowest BCUT2D eigenvalue weighted by atomic mass is 9.47. The van der Waals surface area contributed by atoms with Crippen molar-refractivity contribution in [2.24, 2.45) is 17.3 Å². The van der Waals surface area contributed by atoms with Crippen molar-refractivity contribution in [1.29, 1.82) is 0 Å². The predicted octanol–water partition coefficient (Wildman–Crippen LogP) is 3.73. The summed E-state index contributed by atoms with van der Waals surface area (Å²) in [5.74, 6) is 2.65. The van der Waals surface area contributed by atoms with Gasteiger partial charge in [0, 0.05) is 18.6 Å². The summed E-state index contributed by atoms with van der Waals surface area (Å²) in [7, 11) is 0. The number of aliphatic hydroxyl groups is 1. The second-order valence-electron chi connectivity index (χ2n) is 9.39. The van der Waals surface area contributed by atoms with Gasteiger partial charge in [0.2, 0.25) is 5.91 Å². The summed E-state index contributed by atoms with van der Waals surface area (Å²) in [6, 6.07) is 3.82. The highest BCUT2D eigenvalue weighted by atomic mass is 32.1. The lowest BCUT2D eigenvalue weighted by Gasteiger charge is -2.60. The van der Waals surface area contributed by atoms with Crippen LogP contribution in [0.5, 0.6) is 11.5 Å². The molecule has 2 heterocycles. The van der Waals surface area contributed by atoms with E-state index in [1.54, 1.807) is 0 Å². The predicted molar refractivity (Wildman–Crippen MR) is 106 cm³/mol. The van der Waals surface area contributed by atoms with Crippen molar-refractivity contribution in [3.8, 4) is 11.5 Å². The minimum atomic E-state index is -0.528. The van der Waals surface area contributed by atoms with Crippen LogP contribution >= 0.6 is 11.3 Å². The Bertz CT molecular complexity index is 914. The molecule has 0 radical (unpaired) electrons. The Morgan fingerprint density at radius 1 is 1.18 bits per heavy atom. The number of carbonyl (C=O) groups is 1. The van der Waals surface area contributed by atoms with E-state index in [2.05, 4.69) is 10.3 Å². The molecule has 7 rings (SSSR count). The number of amides is 1. The van der Waals surface area contributed by atoms with Crippen molar-refractivity contribution in [2.75, 3.05) is 18.5 Å². The van der Waals surface area contributed by atoms with Crippen molar-refractivity contribution in [1.82, 2.24) is 4.98 Å². The van der Waals surface area contributed by atoms with E-state index in [0.717, 1.165) is 48.1 Å². The van der Waals surface area contributed by atoms with Gasteiger partial charge in [-0.1, -0.05) is 11.3 Å². The maximum absolute atomic E-state index is 12.9. The Morgan fingerprint density at radius 3 is 2.61 bits per heavy atom. The third kappa shape index (κ3) is 2.78. The molecule has 4 fully saturated rings. The first kappa shape index (κ1) is 17.0. The van der Waals surface area contributed by atoms with Crippen LogP contribution in [-0.2, 0) is 4.79 Å². The second-order valence-corrected chi connectivity index (χ2v) is 10.4. The number of hydrogen-bond acceptors (Lipinski definition) is 6. The van der Waals surface area contributed by atoms with Gasteiger partial charge >= 0.3 is 0 Å². The van der Waals surface area contributed by atoms with Crippen LogP contribution in [0, 0.1) is 17.3 Å². The van der Waals surface area contributed by atoms with Crippen LogP contribution < -0.4 is 14.8 Å². The van der Waals surface area contributed by atoms with Gasteiger partial charge in [-0.05, 0) is 55.8 Å². The standard InChI is InChI=1S/C21H24N2O4S/c24-18(10-20-6-12-3-13(7-20)9-21(25,8-12)11-20)23-19-22-14-4-15-16(5-17(14)28-19)27-2-1-26-15/h4-5,12-13,25H,1-3,6-11H2,(H,22,23,24). The van der Waals surface area contributed by atoms with Gasteiger partial charge in [-0.3, -0.25) is 4.79 Å². The van der Waals surface area contributed by atoms with E-state index in [4.69, 9.17) is 9.47 Å². The van der Waals surface area contributed by atoms with Gasteiger partial charge in [-0.2, -0.15) is 0 Å². The first-order valence-corrected chi connectivity index (χ1v) is 11.0. The Labute approximate surface area is 167 Å². The Kier molecular flexibility index (Phi) is 3.55. The third-order valence-corrected chi connectivity index (χ3v) is 7.92. The molecule has 7 heteroatoms. The van der Waals surface area contributed by atoms with Crippen LogP contribution in [0.1, 0.15) is 44.9 Å². The number of ether oxygens (including phenoxy) is 2. The van der Waals surface area contributed by atoms with Crippen molar-refractivity contribution < 1.29 is 19.4 Å². The zero-order valence-electron chi connectivity index (χ0n) is 15.7. The fourth-order valence-corrected chi connectivity index (χ4v) is 7.52. The van der Waals surface area contributed by atoms with Crippen LogP contribution in [-0.4, -0.2) is 34.8 Å². The molecule has 148 valence electrons. The van der Waals surface area contributed by atoms with E-state index in [1.807, 2.05) is 12.1 Å². The minimum Gasteiger partial charge on any atom is -0.486 e. The molecule has 2 unspecified atom stereocenters. The molecule has 1 aliphatic heterocycles. The quantitative estimate of drug-likeness (QED) is 0.821. The van der Waals surface area contributed by atoms with Gasteiger partial charge in [0.25, 0.3) is 0 Å². The maximum Gasteiger partial charge on any atom is 0.226 e. The van der Waals surface area contributed by atoms with E-state index in [-0.39, 0.29) is 11.3 Å². The van der Waals surface area contributed by atoms with E-state index in [1.165, 1.54) is 17.8 Å². The summed E-state index contributed by atoms with van der Waals surface area (Å²) in [4.78, 5) is 17.4. The Morgan fingerprint density at radius 2 is 1.89 bits per heavy atom. The molecular formula is C21H24N2O4S. The Balaban J connectivity index is 1.21. The third-order valence-electron chi connectivity index (χ3n) is 6.99. The smallest absolute Gasteiger partial charge is 0.226 e. The summed E-state index contributed by atoms with van der Waals surface area (Å²) in [6.07, 6.45) is 6.53. The molecule has 4 saturated carbocycles. The summed E-state index contributed by atoms with van der Waals surface area (Å²) >= 11 is 1.46. The number of nitrogens with zero attached hydrogens (tertiary/aromatic N) is 1. The van der Waals surface area contributed by atoms with Crippen molar-refractivity contribution in [3.05, 3.63) is 12.1 Å². The van der Waals surface area contributed by atoms with Crippen LogP contribution in [0.3, 0.4) is 0 Å². The summed E-state index contributed by atoms with van der Waals surface area (Å²) < 4.78 is 12.2. The van der Waals surface area contributed by atoms with Gasteiger partial charge in [-0.25, -0.2) is 4.98 Å². The number of rotatable bonds is 3. The van der Waals surface area contributed by atoms with Gasteiger partial charge in [0.1, 0.15) is 13.2 Å². The molecule has 2 aromatic rings. The monoisotopic (exact) mass is 400 g/mol. The van der Waals surface area contributed by atoms with E-state index in [9.17, 15) is 9.90 Å². The largest absolute Gasteiger partial charge is 0.486 e. The molecule has 1 aromatic carbocycles. The molecule has 4 bridgehead atoms. The van der Waals surface area contributed by atoms with Crippen LogP contribution in [0.4, 0.5) is 5.13 Å². The van der Waals surface area contributed by atoms with Crippen LogP contribution in [0.2, 0.25) is 0 Å². The highest BCUT2D eigenvalue weighted by Gasteiger charge is 2.57. The SMILES string of the molecule is O=C(CC12CC3CC(CC(O)(C3)C1)C2)Nc1nc2cc3c(cc2s1)OCCO3. The van der Waals surface area contributed by atoms with Crippen LogP contribution in [0.15, 0.2) is 12.1 Å². The van der Waals surface area contributed by atoms with Gasteiger partial charge in [0.05, 0.1) is 15.8 Å². The molecule has 4 aliphatic carbocycles. The number of anilines is 1. The first-order valence-electron chi connectivity index (χ1n) is 10.2. The van der Waals surface area contributed by atoms with Crippen molar-refractivity contribution >= 4 is 32.6 Å². The van der Waals surface area contributed by atoms with E-state index in [0.29, 0.717) is 42.4 Å². The number of aromatic nitrogens is 1. The molecule has 2 atom stereocenters. The Hall–Kier alpha value is -1.86. The summed E-state index contributed by atoms with van der Waals surface area (Å²) in [5, 5.41) is 14.5. The summed E-state index contributed by atoms with van der Waals surface area (Å²) in [5.41, 5.74) is 0.258. The topological polar surface area (TPSA) is 80.7 Å². The molecule has 1 amide bonds. The molecule has 28 heavy (non-hydrogen) atoms. The van der Waals surface area contributed by atoms with Crippen molar-refractivity contribution in [2.45, 2.75) is 50.5 Å². The molecule has 2 N–H and O–H groups in total. The number of thiazole rings is 1. The highest BCUT2D eigenvalue weighted by Crippen LogP contribution is 2.62. The average Bonchev–Trinajstić information content (AvgIpc) is 2.97. The van der Waals surface area contributed by atoms with Gasteiger partial charge in [0.15, 0.2) is 16.6 Å². The van der Waals surface area contributed by atoms with E-state index >= 15 is 0 Å². The second kappa shape index (κ2) is 5.83. The number of nitrogens with one attached hydrogen (secondary N) is 1. The lowest BCUT2D eigenvalue weighted by molar-refractivity contribution is -0.167. The molecule has 6 nitrogen and oxygen atoms in total. The van der Waals surface area contributed by atoms with E-state index < -0.39 is 5.60 Å². The number of carbonyl (C=O) groups excluding carboxylic acids is 1. The van der Waals surface area contributed by atoms with Crippen molar-refractivity contribution in [3.63, 3.8) is 0 Å². The number of hydrogen-bond donors (Lipinski definition) is 2. The molecule has 0 spiro atoms. The average molecular weight is 401 g/mol. The molecular weight excluding hydrogens is 376 g/mol. The minimum absolute atomic E-state index is 0.0156. The normalized spacial score (nSPS) is 35.3.